The first-order valence-corrected chi connectivity index (χ1v) is 8.58. The van der Waals surface area contributed by atoms with E-state index in [0.29, 0.717) is 6.04 Å². The minimum absolute atomic E-state index is 0.246. The van der Waals surface area contributed by atoms with Crippen molar-refractivity contribution in [3.8, 4) is 5.75 Å². The van der Waals surface area contributed by atoms with Crippen molar-refractivity contribution in [1.29, 1.82) is 0 Å². The molecule has 0 bridgehead atoms. The summed E-state index contributed by atoms with van der Waals surface area (Å²) in [5.41, 5.74) is 5.03. The zero-order valence-electron chi connectivity index (χ0n) is 14.6. The van der Waals surface area contributed by atoms with Crippen molar-refractivity contribution in [2.75, 3.05) is 0 Å². The lowest BCUT2D eigenvalue weighted by Gasteiger charge is -2.19. The van der Waals surface area contributed by atoms with E-state index in [-0.39, 0.29) is 5.60 Å². The summed E-state index contributed by atoms with van der Waals surface area (Å²) < 4.78 is 8.71. The Bertz CT molecular complexity index is 886. The SMILES string of the molecule is CC=CC1=[N+](C(C)CC)c2ccc3c4c(ccc1c24)C(C)(C)O3. The Morgan fingerprint density at radius 1 is 1.17 bits per heavy atom. The van der Waals surface area contributed by atoms with Crippen LogP contribution in [-0.4, -0.2) is 16.3 Å². The Morgan fingerprint density at radius 2 is 1.96 bits per heavy atom. The van der Waals surface area contributed by atoms with E-state index in [0.717, 1.165) is 12.2 Å². The molecule has 2 nitrogen and oxygen atoms in total. The number of nitrogens with zero attached hydrogens (tertiary/aromatic N) is 1. The fourth-order valence-electron chi connectivity index (χ4n) is 4.02. The fourth-order valence-corrected chi connectivity index (χ4v) is 4.02. The molecule has 1 unspecified atom stereocenters. The number of ether oxygens (including phenoxy) is 1. The molecule has 1 atom stereocenters. The van der Waals surface area contributed by atoms with Gasteiger partial charge in [0.05, 0.1) is 10.9 Å². The second-order valence-corrected chi connectivity index (χ2v) is 7.12. The van der Waals surface area contributed by atoms with Crippen LogP contribution in [0.3, 0.4) is 0 Å². The van der Waals surface area contributed by atoms with Crippen molar-refractivity contribution in [3.05, 3.63) is 47.5 Å². The van der Waals surface area contributed by atoms with E-state index in [1.807, 2.05) is 0 Å². The van der Waals surface area contributed by atoms with E-state index in [2.05, 4.69) is 75.6 Å². The van der Waals surface area contributed by atoms with Gasteiger partial charge < -0.3 is 4.74 Å². The van der Waals surface area contributed by atoms with Crippen LogP contribution >= 0.6 is 0 Å². The summed E-state index contributed by atoms with van der Waals surface area (Å²) in [5, 5.41) is 2.66. The maximum absolute atomic E-state index is 6.22. The molecule has 2 aromatic carbocycles. The molecule has 0 N–H and O–H groups in total. The number of allylic oxidation sites excluding steroid dienone is 2. The molecule has 0 saturated carbocycles. The molecule has 4 rings (SSSR count). The molecule has 2 heterocycles. The van der Waals surface area contributed by atoms with Gasteiger partial charge in [0.2, 0.25) is 11.4 Å². The van der Waals surface area contributed by atoms with E-state index in [1.165, 1.54) is 33.3 Å². The number of hydrogen-bond donors (Lipinski definition) is 0. The lowest BCUT2D eigenvalue weighted by molar-refractivity contribution is -0.476. The minimum Gasteiger partial charge on any atom is -0.482 e. The maximum Gasteiger partial charge on any atom is 0.214 e. The Hall–Kier alpha value is -2.09. The predicted molar refractivity (Wildman–Crippen MR) is 96.2 cm³/mol. The summed E-state index contributed by atoms with van der Waals surface area (Å²) >= 11 is 0. The third-order valence-electron chi connectivity index (χ3n) is 5.27. The van der Waals surface area contributed by atoms with Crippen LogP contribution < -0.4 is 4.74 Å². The highest BCUT2D eigenvalue weighted by molar-refractivity contribution is 6.21. The molecule has 2 heteroatoms. The van der Waals surface area contributed by atoms with Gasteiger partial charge in [-0.2, -0.15) is 4.58 Å². The lowest BCUT2D eigenvalue weighted by Crippen LogP contribution is -2.22. The predicted octanol–water partition coefficient (Wildman–Crippen LogP) is 5.29. The Kier molecular flexibility index (Phi) is 2.96. The van der Waals surface area contributed by atoms with Crippen LogP contribution in [0, 0.1) is 0 Å². The molecule has 0 saturated heterocycles. The van der Waals surface area contributed by atoms with Gasteiger partial charge in [-0.15, -0.1) is 0 Å². The minimum atomic E-state index is -0.246. The van der Waals surface area contributed by atoms with Gasteiger partial charge in [-0.3, -0.25) is 0 Å². The first kappa shape index (κ1) is 14.5. The molecule has 0 aliphatic carbocycles. The Labute approximate surface area is 138 Å². The molecule has 2 aromatic rings. The van der Waals surface area contributed by atoms with Gasteiger partial charge in [-0.1, -0.05) is 19.1 Å². The Morgan fingerprint density at radius 3 is 2.65 bits per heavy atom. The molecule has 0 fully saturated rings. The molecule has 23 heavy (non-hydrogen) atoms. The van der Waals surface area contributed by atoms with Gasteiger partial charge in [0.25, 0.3) is 0 Å². The third kappa shape index (κ3) is 1.78. The second-order valence-electron chi connectivity index (χ2n) is 7.12. The largest absolute Gasteiger partial charge is 0.482 e. The van der Waals surface area contributed by atoms with Crippen molar-refractivity contribution in [2.24, 2.45) is 0 Å². The number of rotatable bonds is 3. The Balaban J connectivity index is 2.11. The number of benzene rings is 2. The summed E-state index contributed by atoms with van der Waals surface area (Å²) in [6, 6.07) is 9.38. The molecule has 0 radical (unpaired) electrons. The molecular weight excluding hydrogens is 282 g/mol. The van der Waals surface area contributed by atoms with Gasteiger partial charge in [0, 0.05) is 29.5 Å². The van der Waals surface area contributed by atoms with Crippen LogP contribution in [-0.2, 0) is 5.60 Å². The van der Waals surface area contributed by atoms with Gasteiger partial charge >= 0.3 is 0 Å². The average Bonchev–Trinajstić information content (AvgIpc) is 2.98. The summed E-state index contributed by atoms with van der Waals surface area (Å²) in [5.74, 6) is 1.02. The van der Waals surface area contributed by atoms with Crippen LogP contribution in [0.4, 0.5) is 5.69 Å². The van der Waals surface area contributed by atoms with E-state index in [1.54, 1.807) is 0 Å². The van der Waals surface area contributed by atoms with E-state index in [9.17, 15) is 0 Å². The van der Waals surface area contributed by atoms with E-state index in [4.69, 9.17) is 4.74 Å². The lowest BCUT2D eigenvalue weighted by atomic mass is 9.91. The van der Waals surface area contributed by atoms with Crippen molar-refractivity contribution in [3.63, 3.8) is 0 Å². The normalized spacial score (nSPS) is 19.0. The molecule has 0 amide bonds. The van der Waals surface area contributed by atoms with Crippen molar-refractivity contribution < 1.29 is 9.31 Å². The summed E-state index contributed by atoms with van der Waals surface area (Å²) in [6.07, 6.45) is 5.49. The van der Waals surface area contributed by atoms with Gasteiger partial charge in [-0.25, -0.2) is 0 Å². The zero-order valence-corrected chi connectivity index (χ0v) is 14.6. The van der Waals surface area contributed by atoms with Crippen LogP contribution in [0.2, 0.25) is 0 Å². The van der Waals surface area contributed by atoms with Crippen LogP contribution in [0.15, 0.2) is 36.4 Å². The molecule has 0 aromatic heterocycles. The quantitative estimate of drug-likeness (QED) is 0.702. The zero-order chi connectivity index (χ0) is 16.4. The van der Waals surface area contributed by atoms with Gasteiger partial charge in [-0.05, 0) is 39.8 Å². The van der Waals surface area contributed by atoms with Crippen molar-refractivity contribution in [1.82, 2.24) is 0 Å². The monoisotopic (exact) mass is 306 g/mol. The summed E-state index contributed by atoms with van der Waals surface area (Å²) in [7, 11) is 0. The second kappa shape index (κ2) is 4.70. The van der Waals surface area contributed by atoms with Crippen molar-refractivity contribution >= 4 is 22.2 Å². The van der Waals surface area contributed by atoms with Crippen molar-refractivity contribution in [2.45, 2.75) is 52.7 Å². The number of hydrogen-bond acceptors (Lipinski definition) is 1. The third-order valence-corrected chi connectivity index (χ3v) is 5.27. The molecule has 118 valence electrons. The first-order valence-electron chi connectivity index (χ1n) is 8.58. The van der Waals surface area contributed by atoms with Gasteiger partial charge in [0.15, 0.2) is 6.04 Å². The highest BCUT2D eigenvalue weighted by Gasteiger charge is 2.40. The highest BCUT2D eigenvalue weighted by Crippen LogP contribution is 2.50. The van der Waals surface area contributed by atoms with E-state index >= 15 is 0 Å². The molecular formula is C21H24NO+. The average molecular weight is 306 g/mol. The molecule has 0 spiro atoms. The van der Waals surface area contributed by atoms with Crippen LogP contribution in [0.1, 0.15) is 52.2 Å². The van der Waals surface area contributed by atoms with Crippen LogP contribution in [0.25, 0.3) is 10.8 Å². The summed E-state index contributed by atoms with van der Waals surface area (Å²) in [6.45, 7) is 11.0. The van der Waals surface area contributed by atoms with E-state index < -0.39 is 0 Å². The first-order chi connectivity index (χ1) is 11.0. The summed E-state index contributed by atoms with van der Waals surface area (Å²) in [4.78, 5) is 0. The molecule has 2 aliphatic heterocycles. The van der Waals surface area contributed by atoms with Crippen LogP contribution in [0.5, 0.6) is 5.75 Å². The topological polar surface area (TPSA) is 12.2 Å². The highest BCUT2D eigenvalue weighted by atomic mass is 16.5. The maximum atomic E-state index is 6.22. The van der Waals surface area contributed by atoms with Gasteiger partial charge in [0.1, 0.15) is 11.4 Å². The standard InChI is InChI=1S/C21H24NO/c1-6-8-16-14-9-10-15-20-18(23-21(15,4)5)12-11-17(19(14)20)22(16)13(3)7-2/h6,8-13H,7H2,1-5H3/q+1. The molecule has 2 aliphatic rings. The fraction of sp³-hybridized carbons (Fsp3) is 0.381. The smallest absolute Gasteiger partial charge is 0.214 e.